The summed E-state index contributed by atoms with van der Waals surface area (Å²) in [7, 11) is 1.62. The Labute approximate surface area is 101 Å². The van der Waals surface area contributed by atoms with Crippen molar-refractivity contribution in [3.63, 3.8) is 0 Å². The van der Waals surface area contributed by atoms with Crippen molar-refractivity contribution in [2.45, 2.75) is 0 Å². The Kier molecular flexibility index (Phi) is 2.78. The number of aryl methyl sites for hydroxylation is 1. The number of halogens is 1. The van der Waals surface area contributed by atoms with Crippen LogP contribution in [-0.2, 0) is 7.05 Å². The fourth-order valence-corrected chi connectivity index (χ4v) is 1.86. The number of hydrogen-bond donors (Lipinski definition) is 1. The highest BCUT2D eigenvalue weighted by Gasteiger charge is 2.12. The summed E-state index contributed by atoms with van der Waals surface area (Å²) >= 11 is 3.36. The van der Waals surface area contributed by atoms with Crippen molar-refractivity contribution in [3.8, 4) is 11.3 Å². The number of carbonyl (C=O) groups is 1. The Bertz CT molecular complexity index is 549. The lowest BCUT2D eigenvalue weighted by molar-refractivity contribution is 0.0685. The third-order valence-electron chi connectivity index (χ3n) is 2.22. The van der Waals surface area contributed by atoms with E-state index >= 15 is 0 Å². The van der Waals surface area contributed by atoms with Gasteiger partial charge >= 0.3 is 5.97 Å². The molecule has 2 aromatic rings. The number of carboxylic acids is 1. The Morgan fingerprint density at radius 2 is 2.19 bits per heavy atom. The van der Waals surface area contributed by atoms with Gasteiger partial charge in [-0.05, 0) is 18.2 Å². The largest absolute Gasteiger partial charge is 0.477 e. The van der Waals surface area contributed by atoms with E-state index in [0.29, 0.717) is 5.69 Å². The first-order valence-electron chi connectivity index (χ1n) is 4.61. The molecule has 0 bridgehead atoms. The van der Waals surface area contributed by atoms with Crippen LogP contribution in [0.25, 0.3) is 11.3 Å². The molecule has 0 aliphatic heterocycles. The first kappa shape index (κ1) is 10.9. The fourth-order valence-electron chi connectivity index (χ4n) is 1.46. The number of carboxylic acid groups (broad SMARTS) is 1. The molecule has 2 rings (SSSR count). The summed E-state index contributed by atoms with van der Waals surface area (Å²) in [5.74, 6) is -0.976. The van der Waals surface area contributed by atoms with Crippen LogP contribution in [0.1, 0.15) is 10.5 Å². The number of nitrogens with zero attached hydrogens (tertiary/aromatic N) is 2. The Balaban J connectivity index is 2.49. The van der Waals surface area contributed by atoms with Crippen LogP contribution in [0.5, 0.6) is 0 Å². The van der Waals surface area contributed by atoms with E-state index in [4.69, 9.17) is 5.11 Å². The van der Waals surface area contributed by atoms with Crippen LogP contribution in [0.15, 0.2) is 34.8 Å². The molecule has 0 radical (unpaired) electrons. The number of hydrogen-bond acceptors (Lipinski definition) is 2. The van der Waals surface area contributed by atoms with E-state index in [2.05, 4.69) is 21.0 Å². The average Bonchev–Trinajstić information content (AvgIpc) is 2.60. The van der Waals surface area contributed by atoms with Gasteiger partial charge in [0.1, 0.15) is 5.69 Å². The molecular formula is C11H9BrN2O2. The molecule has 0 saturated heterocycles. The predicted octanol–water partition coefficient (Wildman–Crippen LogP) is 2.55. The molecule has 82 valence electrons. The van der Waals surface area contributed by atoms with Crippen molar-refractivity contribution in [1.82, 2.24) is 9.78 Å². The highest BCUT2D eigenvalue weighted by atomic mass is 79.9. The van der Waals surface area contributed by atoms with Crippen LogP contribution >= 0.6 is 15.9 Å². The summed E-state index contributed by atoms with van der Waals surface area (Å²) in [5.41, 5.74) is 1.72. The number of benzene rings is 1. The normalized spacial score (nSPS) is 10.4. The van der Waals surface area contributed by atoms with Gasteiger partial charge in [-0.3, -0.25) is 4.68 Å². The van der Waals surface area contributed by atoms with E-state index < -0.39 is 5.97 Å². The lowest BCUT2D eigenvalue weighted by Crippen LogP contribution is -2.04. The second-order valence-corrected chi connectivity index (χ2v) is 4.27. The lowest BCUT2D eigenvalue weighted by atomic mass is 10.1. The molecule has 0 saturated carbocycles. The molecule has 1 aromatic carbocycles. The fraction of sp³-hybridized carbons (Fsp3) is 0.0909. The standard InChI is InChI=1S/C11H9BrN2O2/c1-14-10(11(15)16)6-9(13-14)7-3-2-4-8(12)5-7/h2-6H,1H3,(H,15,16). The van der Waals surface area contributed by atoms with Gasteiger partial charge in [-0.15, -0.1) is 0 Å². The van der Waals surface area contributed by atoms with Crippen molar-refractivity contribution in [3.05, 3.63) is 40.5 Å². The summed E-state index contributed by atoms with van der Waals surface area (Å²) in [6, 6.07) is 9.13. The Morgan fingerprint density at radius 1 is 1.44 bits per heavy atom. The first-order valence-corrected chi connectivity index (χ1v) is 5.40. The molecule has 16 heavy (non-hydrogen) atoms. The second-order valence-electron chi connectivity index (χ2n) is 3.35. The molecule has 1 N–H and O–H groups in total. The molecule has 0 aliphatic rings. The van der Waals surface area contributed by atoms with Crippen LogP contribution < -0.4 is 0 Å². The maximum Gasteiger partial charge on any atom is 0.354 e. The van der Waals surface area contributed by atoms with E-state index in [1.807, 2.05) is 24.3 Å². The average molecular weight is 281 g/mol. The summed E-state index contributed by atoms with van der Waals surface area (Å²) < 4.78 is 2.30. The molecule has 0 amide bonds. The van der Waals surface area contributed by atoms with Crippen LogP contribution in [-0.4, -0.2) is 20.9 Å². The molecule has 0 fully saturated rings. The molecule has 1 heterocycles. The second kappa shape index (κ2) is 4.09. The molecule has 1 aromatic heterocycles. The van der Waals surface area contributed by atoms with E-state index in [0.717, 1.165) is 10.0 Å². The third kappa shape index (κ3) is 1.99. The third-order valence-corrected chi connectivity index (χ3v) is 2.71. The quantitative estimate of drug-likeness (QED) is 0.920. The first-order chi connectivity index (χ1) is 7.58. The van der Waals surface area contributed by atoms with Crippen LogP contribution in [0.2, 0.25) is 0 Å². The zero-order valence-corrected chi connectivity index (χ0v) is 10.1. The number of aromatic nitrogens is 2. The van der Waals surface area contributed by atoms with Crippen LogP contribution in [0, 0.1) is 0 Å². The van der Waals surface area contributed by atoms with Crippen LogP contribution in [0.4, 0.5) is 0 Å². The van der Waals surface area contributed by atoms with Gasteiger partial charge in [0.15, 0.2) is 0 Å². The van der Waals surface area contributed by atoms with Gasteiger partial charge in [0.25, 0.3) is 0 Å². The van der Waals surface area contributed by atoms with Crippen molar-refractivity contribution in [2.24, 2.45) is 7.05 Å². The highest BCUT2D eigenvalue weighted by molar-refractivity contribution is 9.10. The van der Waals surface area contributed by atoms with Crippen molar-refractivity contribution < 1.29 is 9.90 Å². The Morgan fingerprint density at radius 3 is 2.75 bits per heavy atom. The maximum atomic E-state index is 10.9. The van der Waals surface area contributed by atoms with Gasteiger partial charge < -0.3 is 5.11 Å². The summed E-state index contributed by atoms with van der Waals surface area (Å²) in [4.78, 5) is 10.9. The van der Waals surface area contributed by atoms with Gasteiger partial charge in [0, 0.05) is 17.1 Å². The Hall–Kier alpha value is -1.62. The van der Waals surface area contributed by atoms with E-state index in [1.54, 1.807) is 13.1 Å². The molecule has 0 spiro atoms. The topological polar surface area (TPSA) is 55.1 Å². The van der Waals surface area contributed by atoms with E-state index in [-0.39, 0.29) is 5.69 Å². The molecule has 0 atom stereocenters. The van der Waals surface area contributed by atoms with Gasteiger partial charge in [-0.25, -0.2) is 4.79 Å². The SMILES string of the molecule is Cn1nc(-c2cccc(Br)c2)cc1C(=O)O. The minimum absolute atomic E-state index is 0.176. The zero-order valence-electron chi connectivity index (χ0n) is 8.51. The highest BCUT2D eigenvalue weighted by Crippen LogP contribution is 2.22. The van der Waals surface area contributed by atoms with Crippen LogP contribution in [0.3, 0.4) is 0 Å². The molecule has 5 heteroatoms. The van der Waals surface area contributed by atoms with Crippen molar-refractivity contribution in [2.75, 3.05) is 0 Å². The van der Waals surface area contributed by atoms with E-state index in [9.17, 15) is 4.79 Å². The smallest absolute Gasteiger partial charge is 0.354 e. The molecule has 4 nitrogen and oxygen atoms in total. The van der Waals surface area contributed by atoms with Crippen molar-refractivity contribution >= 4 is 21.9 Å². The maximum absolute atomic E-state index is 10.9. The molecule has 0 unspecified atom stereocenters. The lowest BCUT2D eigenvalue weighted by Gasteiger charge is -1.96. The monoisotopic (exact) mass is 280 g/mol. The summed E-state index contributed by atoms with van der Waals surface area (Å²) in [6.45, 7) is 0. The summed E-state index contributed by atoms with van der Waals surface area (Å²) in [6.07, 6.45) is 0. The molecular weight excluding hydrogens is 272 g/mol. The minimum Gasteiger partial charge on any atom is -0.477 e. The van der Waals surface area contributed by atoms with Crippen molar-refractivity contribution in [1.29, 1.82) is 0 Å². The van der Waals surface area contributed by atoms with E-state index in [1.165, 1.54) is 4.68 Å². The van der Waals surface area contributed by atoms with Gasteiger partial charge in [-0.1, -0.05) is 28.1 Å². The predicted molar refractivity (Wildman–Crippen MR) is 63.3 cm³/mol. The number of rotatable bonds is 2. The molecule has 0 aliphatic carbocycles. The zero-order chi connectivity index (χ0) is 11.7. The minimum atomic E-state index is -0.976. The number of aromatic carboxylic acids is 1. The summed E-state index contributed by atoms with van der Waals surface area (Å²) in [5, 5.41) is 13.1. The van der Waals surface area contributed by atoms with Gasteiger partial charge in [-0.2, -0.15) is 5.10 Å². The van der Waals surface area contributed by atoms with Gasteiger partial charge in [0.05, 0.1) is 5.69 Å². The van der Waals surface area contributed by atoms with Gasteiger partial charge in [0.2, 0.25) is 0 Å².